The Bertz CT molecular complexity index is 602. The van der Waals surface area contributed by atoms with Crippen LogP contribution in [0.5, 0.6) is 0 Å². The van der Waals surface area contributed by atoms with Crippen molar-refractivity contribution in [1.29, 1.82) is 5.26 Å². The molecule has 0 aliphatic heterocycles. The van der Waals surface area contributed by atoms with Gasteiger partial charge in [0.1, 0.15) is 0 Å². The maximum Gasteiger partial charge on any atom is 0.305 e. The number of carbonyl (C=O) groups is 1. The molecule has 1 aromatic heterocycles. The predicted octanol–water partition coefficient (Wildman–Crippen LogP) is 2.50. The molecule has 2 aromatic rings. The van der Waals surface area contributed by atoms with Crippen LogP contribution >= 0.6 is 11.3 Å². The van der Waals surface area contributed by atoms with Crippen molar-refractivity contribution in [3.05, 3.63) is 47.0 Å². The first-order chi connectivity index (χ1) is 9.69. The summed E-state index contributed by atoms with van der Waals surface area (Å²) in [4.78, 5) is 16.9. The van der Waals surface area contributed by atoms with E-state index in [9.17, 15) is 4.79 Å². The highest BCUT2D eigenvalue weighted by Crippen LogP contribution is 2.20. The molecule has 20 heavy (non-hydrogen) atoms. The lowest BCUT2D eigenvalue weighted by molar-refractivity contribution is -0.136. The number of thiazole rings is 1. The van der Waals surface area contributed by atoms with E-state index in [1.165, 1.54) is 11.3 Å². The number of hydrogen-bond acceptors (Lipinski definition) is 5. The van der Waals surface area contributed by atoms with Crippen LogP contribution in [0.4, 0.5) is 5.13 Å². The molecule has 0 radical (unpaired) electrons. The van der Waals surface area contributed by atoms with Crippen LogP contribution < -0.4 is 4.90 Å². The second kappa shape index (κ2) is 6.68. The summed E-state index contributed by atoms with van der Waals surface area (Å²) in [6.07, 6.45) is 1.77. The molecule has 2 rings (SSSR count). The van der Waals surface area contributed by atoms with Gasteiger partial charge in [-0.25, -0.2) is 4.98 Å². The van der Waals surface area contributed by atoms with Gasteiger partial charge in [0.15, 0.2) is 5.13 Å². The number of benzene rings is 1. The Morgan fingerprint density at radius 3 is 2.70 bits per heavy atom. The fourth-order valence-corrected chi connectivity index (χ4v) is 2.42. The Morgan fingerprint density at radius 1 is 1.40 bits per heavy atom. The average Bonchev–Trinajstić information content (AvgIpc) is 2.98. The lowest BCUT2D eigenvalue weighted by atomic mass is 10.1. The van der Waals surface area contributed by atoms with Gasteiger partial charge in [0.05, 0.1) is 18.1 Å². The van der Waals surface area contributed by atoms with E-state index in [-0.39, 0.29) is 6.42 Å². The van der Waals surface area contributed by atoms with Crippen molar-refractivity contribution in [3.8, 4) is 6.07 Å². The van der Waals surface area contributed by atoms with E-state index in [4.69, 9.17) is 10.4 Å². The monoisotopic (exact) mass is 287 g/mol. The minimum atomic E-state index is -0.827. The zero-order valence-corrected chi connectivity index (χ0v) is 11.5. The Morgan fingerprint density at radius 2 is 2.15 bits per heavy atom. The van der Waals surface area contributed by atoms with Crippen molar-refractivity contribution in [2.24, 2.45) is 0 Å². The van der Waals surface area contributed by atoms with E-state index in [2.05, 4.69) is 11.1 Å². The van der Waals surface area contributed by atoms with Crippen LogP contribution in [-0.4, -0.2) is 22.6 Å². The van der Waals surface area contributed by atoms with Gasteiger partial charge in [0.25, 0.3) is 0 Å². The molecule has 0 spiro atoms. The lowest BCUT2D eigenvalue weighted by Crippen LogP contribution is -2.25. The molecular formula is C14H13N3O2S. The van der Waals surface area contributed by atoms with Crippen molar-refractivity contribution >= 4 is 22.4 Å². The molecule has 0 amide bonds. The van der Waals surface area contributed by atoms with Crippen LogP contribution in [0.3, 0.4) is 0 Å². The molecule has 1 aromatic carbocycles. The molecule has 6 heteroatoms. The molecule has 102 valence electrons. The molecule has 0 saturated carbocycles. The standard InChI is InChI=1S/C14H13N3O2S/c15-9-11-1-3-12(4-2-11)10-17(7-5-13(18)19)14-16-6-8-20-14/h1-4,6,8H,5,7,10H2,(H,18,19). The van der Waals surface area contributed by atoms with Crippen molar-refractivity contribution in [1.82, 2.24) is 4.98 Å². The van der Waals surface area contributed by atoms with Crippen LogP contribution in [0.1, 0.15) is 17.5 Å². The van der Waals surface area contributed by atoms with Crippen LogP contribution in [0.25, 0.3) is 0 Å². The number of carboxylic acids is 1. The first-order valence-electron chi connectivity index (χ1n) is 6.04. The first kappa shape index (κ1) is 14.0. The van der Waals surface area contributed by atoms with E-state index >= 15 is 0 Å². The van der Waals surface area contributed by atoms with E-state index in [0.717, 1.165) is 10.7 Å². The third-order valence-electron chi connectivity index (χ3n) is 2.74. The van der Waals surface area contributed by atoms with Gasteiger partial charge in [-0.2, -0.15) is 5.26 Å². The summed E-state index contributed by atoms with van der Waals surface area (Å²) in [5.74, 6) is -0.827. The number of nitrogens with zero attached hydrogens (tertiary/aromatic N) is 3. The minimum Gasteiger partial charge on any atom is -0.481 e. The molecule has 1 heterocycles. The number of hydrogen-bond donors (Lipinski definition) is 1. The summed E-state index contributed by atoms with van der Waals surface area (Å²) in [7, 11) is 0. The SMILES string of the molecule is N#Cc1ccc(CN(CCC(=O)O)c2nccs2)cc1. The molecule has 1 N–H and O–H groups in total. The maximum absolute atomic E-state index is 10.7. The van der Waals surface area contributed by atoms with Crippen molar-refractivity contribution in [2.75, 3.05) is 11.4 Å². The highest BCUT2D eigenvalue weighted by molar-refractivity contribution is 7.13. The molecular weight excluding hydrogens is 274 g/mol. The zero-order chi connectivity index (χ0) is 14.4. The van der Waals surface area contributed by atoms with Gasteiger partial charge >= 0.3 is 5.97 Å². The molecule has 0 unspecified atom stereocenters. The minimum absolute atomic E-state index is 0.0653. The summed E-state index contributed by atoms with van der Waals surface area (Å²) in [6.45, 7) is 0.981. The molecule has 0 bridgehead atoms. The second-order valence-corrected chi connectivity index (χ2v) is 5.06. The van der Waals surface area contributed by atoms with Gasteiger partial charge in [0.2, 0.25) is 0 Å². The van der Waals surface area contributed by atoms with Crippen molar-refractivity contribution in [2.45, 2.75) is 13.0 Å². The Labute approximate surface area is 120 Å². The highest BCUT2D eigenvalue weighted by atomic mass is 32.1. The largest absolute Gasteiger partial charge is 0.481 e. The summed E-state index contributed by atoms with van der Waals surface area (Å²) in [5, 5.41) is 20.3. The molecule has 0 fully saturated rings. The average molecular weight is 287 g/mol. The lowest BCUT2D eigenvalue weighted by Gasteiger charge is -2.21. The predicted molar refractivity (Wildman–Crippen MR) is 76.6 cm³/mol. The van der Waals surface area contributed by atoms with Crippen molar-refractivity contribution in [3.63, 3.8) is 0 Å². The van der Waals surface area contributed by atoms with Crippen LogP contribution in [0.15, 0.2) is 35.8 Å². The summed E-state index contributed by atoms with van der Waals surface area (Å²) < 4.78 is 0. The number of aromatic nitrogens is 1. The van der Waals surface area contributed by atoms with Gasteiger partial charge in [-0.1, -0.05) is 12.1 Å². The Balaban J connectivity index is 2.10. The topological polar surface area (TPSA) is 77.2 Å². The number of rotatable bonds is 6. The van der Waals surface area contributed by atoms with Crippen molar-refractivity contribution < 1.29 is 9.90 Å². The smallest absolute Gasteiger partial charge is 0.305 e. The van der Waals surface area contributed by atoms with E-state index in [0.29, 0.717) is 18.7 Å². The fraction of sp³-hybridized carbons (Fsp3) is 0.214. The summed E-state index contributed by atoms with van der Waals surface area (Å²) >= 11 is 1.48. The third kappa shape index (κ3) is 3.80. The highest BCUT2D eigenvalue weighted by Gasteiger charge is 2.11. The summed E-state index contributed by atoms with van der Waals surface area (Å²) in [5.41, 5.74) is 1.63. The Kier molecular flexibility index (Phi) is 4.69. The molecule has 0 atom stereocenters. The zero-order valence-electron chi connectivity index (χ0n) is 10.7. The number of aliphatic carboxylic acids is 1. The van der Waals surface area contributed by atoms with E-state index < -0.39 is 5.97 Å². The molecule has 0 aliphatic carbocycles. The van der Waals surface area contributed by atoms with Gasteiger partial charge < -0.3 is 10.0 Å². The Hall–Kier alpha value is -2.39. The van der Waals surface area contributed by atoms with Gasteiger partial charge in [-0.05, 0) is 17.7 Å². The van der Waals surface area contributed by atoms with E-state index in [1.54, 1.807) is 18.3 Å². The second-order valence-electron chi connectivity index (χ2n) is 4.19. The number of anilines is 1. The third-order valence-corrected chi connectivity index (χ3v) is 3.57. The maximum atomic E-state index is 10.7. The number of carboxylic acid groups (broad SMARTS) is 1. The quantitative estimate of drug-likeness (QED) is 0.883. The van der Waals surface area contributed by atoms with Crippen LogP contribution in [0.2, 0.25) is 0 Å². The fourth-order valence-electron chi connectivity index (χ4n) is 1.75. The van der Waals surface area contributed by atoms with Crippen LogP contribution in [-0.2, 0) is 11.3 Å². The summed E-state index contributed by atoms with van der Waals surface area (Å²) in [6, 6.07) is 9.34. The van der Waals surface area contributed by atoms with Gasteiger partial charge in [-0.3, -0.25) is 4.79 Å². The molecule has 5 nitrogen and oxygen atoms in total. The van der Waals surface area contributed by atoms with E-state index in [1.807, 2.05) is 22.4 Å². The van der Waals surface area contributed by atoms with Gasteiger partial charge in [-0.15, -0.1) is 11.3 Å². The number of nitriles is 1. The van der Waals surface area contributed by atoms with Crippen LogP contribution in [0, 0.1) is 11.3 Å². The normalized spacial score (nSPS) is 9.95. The molecule has 0 saturated heterocycles. The first-order valence-corrected chi connectivity index (χ1v) is 6.92. The molecule has 0 aliphatic rings. The van der Waals surface area contributed by atoms with Gasteiger partial charge in [0, 0.05) is 24.7 Å².